The number of hydrogen-bond acceptors (Lipinski definition) is 5. The Morgan fingerprint density at radius 3 is 2.43 bits per heavy atom. The van der Waals surface area contributed by atoms with Crippen LogP contribution in [0.4, 0.5) is 11.4 Å². The molecule has 2 aromatic carbocycles. The van der Waals surface area contributed by atoms with Gasteiger partial charge in [0.1, 0.15) is 0 Å². The number of aliphatic imine (C=N–C) groups is 1. The summed E-state index contributed by atoms with van der Waals surface area (Å²) in [6.45, 7) is 5.36. The van der Waals surface area contributed by atoms with Gasteiger partial charge in [0.25, 0.3) is 5.91 Å². The van der Waals surface area contributed by atoms with E-state index < -0.39 is 0 Å². The smallest absolute Gasteiger partial charge is 0.266 e. The van der Waals surface area contributed by atoms with Crippen LogP contribution in [-0.2, 0) is 9.53 Å². The number of para-hydroxylation sites is 1. The monoisotopic (exact) mass is 488 g/mol. The van der Waals surface area contributed by atoms with Crippen molar-refractivity contribution < 1.29 is 9.53 Å². The fraction of sp³-hybridized carbons (Fsp3) is 0.286. The van der Waals surface area contributed by atoms with Crippen LogP contribution < -0.4 is 4.90 Å². The summed E-state index contributed by atoms with van der Waals surface area (Å²) in [5, 5.41) is 0.705. The maximum absolute atomic E-state index is 13.4. The minimum atomic E-state index is -0.0130. The van der Waals surface area contributed by atoms with Gasteiger partial charge in [-0.15, -0.1) is 0 Å². The molecule has 1 aromatic heterocycles. The third-order valence-corrected chi connectivity index (χ3v) is 6.99. The van der Waals surface area contributed by atoms with E-state index in [1.54, 1.807) is 12.0 Å². The number of methoxy groups -OCH3 is 1. The topological polar surface area (TPSA) is 50.1 Å². The Kier molecular flexibility index (Phi) is 7.78. The number of carbonyl (C=O) groups excluding carboxylic acids is 1. The van der Waals surface area contributed by atoms with E-state index in [9.17, 15) is 4.79 Å². The molecule has 0 N–H and O–H groups in total. The van der Waals surface area contributed by atoms with Crippen LogP contribution in [0.1, 0.15) is 23.4 Å². The summed E-state index contributed by atoms with van der Waals surface area (Å²) in [5.74, 6) is -0.0130. The average Bonchev–Trinajstić information content (AvgIpc) is 3.29. The van der Waals surface area contributed by atoms with Crippen LogP contribution in [0.15, 0.2) is 70.6 Å². The molecule has 1 aliphatic heterocycles. The summed E-state index contributed by atoms with van der Waals surface area (Å²) >= 11 is 1.43. The van der Waals surface area contributed by atoms with Crippen LogP contribution in [0, 0.1) is 13.8 Å². The number of ether oxygens (including phenoxy) is 1. The SMILES string of the molecule is COCCCN1C(=O)/C(=C/c2cc(C)n(-c3ccc(N(C)C)cc3)c2C)SC1=Nc1ccccc1. The molecular formula is C28H32N4O2S. The lowest BCUT2D eigenvalue weighted by Gasteiger charge is -2.15. The summed E-state index contributed by atoms with van der Waals surface area (Å²) in [4.78, 5) is 22.7. The van der Waals surface area contributed by atoms with Crippen LogP contribution in [0.2, 0.25) is 0 Å². The molecule has 7 heteroatoms. The van der Waals surface area contributed by atoms with Crippen LogP contribution in [0.3, 0.4) is 0 Å². The van der Waals surface area contributed by atoms with E-state index in [1.807, 2.05) is 50.5 Å². The maximum Gasteiger partial charge on any atom is 0.266 e. The summed E-state index contributed by atoms with van der Waals surface area (Å²) in [5.41, 5.74) is 6.35. The molecule has 0 saturated carbocycles. The largest absolute Gasteiger partial charge is 0.385 e. The molecule has 0 radical (unpaired) electrons. The number of aromatic nitrogens is 1. The third-order valence-electron chi connectivity index (χ3n) is 5.98. The van der Waals surface area contributed by atoms with Crippen molar-refractivity contribution >= 4 is 40.3 Å². The highest BCUT2D eigenvalue weighted by atomic mass is 32.2. The van der Waals surface area contributed by atoms with Gasteiger partial charge in [0.05, 0.1) is 10.6 Å². The Hall–Kier alpha value is -3.29. The quantitative estimate of drug-likeness (QED) is 0.297. The molecule has 1 saturated heterocycles. The van der Waals surface area contributed by atoms with E-state index in [4.69, 9.17) is 9.73 Å². The third kappa shape index (κ3) is 5.52. The van der Waals surface area contributed by atoms with Crippen molar-refractivity contribution in [3.05, 3.63) is 82.5 Å². The van der Waals surface area contributed by atoms with E-state index in [2.05, 4.69) is 53.6 Å². The Labute approximate surface area is 211 Å². The van der Waals surface area contributed by atoms with Gasteiger partial charge in [0.2, 0.25) is 0 Å². The zero-order valence-electron chi connectivity index (χ0n) is 21.0. The molecule has 4 rings (SSSR count). The van der Waals surface area contributed by atoms with E-state index in [-0.39, 0.29) is 5.91 Å². The Morgan fingerprint density at radius 1 is 1.06 bits per heavy atom. The second-order valence-corrected chi connectivity index (χ2v) is 9.73. The van der Waals surface area contributed by atoms with Crippen molar-refractivity contribution in [1.82, 2.24) is 9.47 Å². The van der Waals surface area contributed by atoms with Crippen molar-refractivity contribution in [3.63, 3.8) is 0 Å². The normalized spacial score (nSPS) is 16.0. The minimum absolute atomic E-state index is 0.0130. The lowest BCUT2D eigenvalue weighted by Crippen LogP contribution is -2.30. The van der Waals surface area contributed by atoms with Crippen molar-refractivity contribution in [2.24, 2.45) is 4.99 Å². The molecule has 1 amide bonds. The molecule has 182 valence electrons. The zero-order valence-corrected chi connectivity index (χ0v) is 21.8. The van der Waals surface area contributed by atoms with Gasteiger partial charge in [-0.05, 0) is 86.1 Å². The zero-order chi connectivity index (χ0) is 24.9. The number of hydrogen-bond donors (Lipinski definition) is 0. The lowest BCUT2D eigenvalue weighted by molar-refractivity contribution is -0.122. The van der Waals surface area contributed by atoms with Gasteiger partial charge >= 0.3 is 0 Å². The second-order valence-electron chi connectivity index (χ2n) is 8.72. The average molecular weight is 489 g/mol. The fourth-order valence-electron chi connectivity index (χ4n) is 4.14. The molecule has 2 heterocycles. The summed E-state index contributed by atoms with van der Waals surface area (Å²) in [7, 11) is 5.75. The van der Waals surface area contributed by atoms with Gasteiger partial charge in [-0.25, -0.2) is 4.99 Å². The predicted molar refractivity (Wildman–Crippen MR) is 147 cm³/mol. The first kappa shape index (κ1) is 24.8. The standard InChI is InChI=1S/C28H32N4O2S/c1-20-18-22(21(2)32(20)25-14-12-24(13-15-25)30(3)4)19-26-27(33)31(16-9-17-34-5)28(35-26)29-23-10-7-6-8-11-23/h6-8,10-15,18-19H,9,16-17H2,1-5H3/b26-19-,29-28?. The molecule has 0 unspecified atom stereocenters. The molecule has 0 bridgehead atoms. The summed E-state index contributed by atoms with van der Waals surface area (Å²) < 4.78 is 7.43. The first-order chi connectivity index (χ1) is 16.9. The van der Waals surface area contributed by atoms with Gasteiger partial charge in [-0.1, -0.05) is 18.2 Å². The van der Waals surface area contributed by atoms with Crippen LogP contribution in [0.25, 0.3) is 11.8 Å². The van der Waals surface area contributed by atoms with Crippen LogP contribution in [0.5, 0.6) is 0 Å². The van der Waals surface area contributed by atoms with Gasteiger partial charge in [-0.3, -0.25) is 9.69 Å². The van der Waals surface area contributed by atoms with E-state index in [0.29, 0.717) is 23.2 Å². The van der Waals surface area contributed by atoms with Gasteiger partial charge in [-0.2, -0.15) is 0 Å². The summed E-state index contributed by atoms with van der Waals surface area (Å²) in [6, 6.07) is 20.4. The maximum atomic E-state index is 13.4. The highest BCUT2D eigenvalue weighted by Gasteiger charge is 2.33. The van der Waals surface area contributed by atoms with Gasteiger partial charge in [0, 0.05) is 57.1 Å². The number of benzene rings is 2. The molecule has 0 aliphatic carbocycles. The van der Waals surface area contributed by atoms with Crippen molar-refractivity contribution in [1.29, 1.82) is 0 Å². The van der Waals surface area contributed by atoms with E-state index >= 15 is 0 Å². The molecule has 35 heavy (non-hydrogen) atoms. The molecule has 6 nitrogen and oxygen atoms in total. The first-order valence-corrected chi connectivity index (χ1v) is 12.5. The minimum Gasteiger partial charge on any atom is -0.385 e. The predicted octanol–water partition coefficient (Wildman–Crippen LogP) is 5.80. The Balaban J connectivity index is 1.66. The lowest BCUT2D eigenvalue weighted by atomic mass is 10.2. The fourth-order valence-corrected chi connectivity index (χ4v) is 5.16. The van der Waals surface area contributed by atoms with Crippen LogP contribution in [-0.4, -0.2) is 54.9 Å². The number of thioether (sulfide) groups is 1. The highest BCUT2D eigenvalue weighted by Crippen LogP contribution is 2.35. The Bertz CT molecular complexity index is 1240. The number of anilines is 1. The van der Waals surface area contributed by atoms with E-state index in [0.717, 1.165) is 40.4 Å². The van der Waals surface area contributed by atoms with E-state index in [1.165, 1.54) is 11.8 Å². The number of amides is 1. The summed E-state index contributed by atoms with van der Waals surface area (Å²) in [6.07, 6.45) is 2.75. The molecule has 0 spiro atoms. The number of nitrogens with zero attached hydrogens (tertiary/aromatic N) is 4. The molecule has 0 atom stereocenters. The number of carbonyl (C=O) groups is 1. The van der Waals surface area contributed by atoms with Crippen LogP contribution >= 0.6 is 11.8 Å². The molecular weight excluding hydrogens is 456 g/mol. The number of aryl methyl sites for hydroxylation is 1. The Morgan fingerprint density at radius 2 is 1.77 bits per heavy atom. The van der Waals surface area contributed by atoms with Gasteiger partial charge in [0.15, 0.2) is 5.17 Å². The second kappa shape index (κ2) is 11.0. The highest BCUT2D eigenvalue weighted by molar-refractivity contribution is 8.18. The molecule has 1 aliphatic rings. The number of amidine groups is 1. The first-order valence-electron chi connectivity index (χ1n) is 11.7. The van der Waals surface area contributed by atoms with Crippen molar-refractivity contribution in [3.8, 4) is 5.69 Å². The molecule has 1 fully saturated rings. The van der Waals surface area contributed by atoms with Crippen molar-refractivity contribution in [2.75, 3.05) is 39.3 Å². The number of rotatable bonds is 8. The molecule has 3 aromatic rings. The van der Waals surface area contributed by atoms with Crippen molar-refractivity contribution in [2.45, 2.75) is 20.3 Å². The van der Waals surface area contributed by atoms with Gasteiger partial charge < -0.3 is 14.2 Å².